The van der Waals surface area contributed by atoms with Crippen molar-refractivity contribution in [3.63, 3.8) is 0 Å². The molecular formula is C20H23N3O2. The quantitative estimate of drug-likeness (QED) is 0.778. The predicted octanol–water partition coefficient (Wildman–Crippen LogP) is 2.78. The second-order valence-corrected chi connectivity index (χ2v) is 6.30. The molecule has 0 saturated heterocycles. The average Bonchev–Trinajstić information content (AvgIpc) is 2.87. The maximum atomic E-state index is 12.4. The number of benzene rings is 2. The molecule has 1 amide bonds. The molecule has 1 aromatic heterocycles. The first-order chi connectivity index (χ1) is 12.0. The first-order valence-electron chi connectivity index (χ1n) is 8.53. The van der Waals surface area contributed by atoms with Gasteiger partial charge in [-0.15, -0.1) is 0 Å². The third kappa shape index (κ3) is 3.36. The van der Waals surface area contributed by atoms with Gasteiger partial charge in [0, 0.05) is 7.05 Å². The number of para-hydroxylation sites is 2. The molecule has 5 nitrogen and oxygen atoms in total. The molecule has 3 aromatic rings. The molecule has 1 N–H and O–H groups in total. The van der Waals surface area contributed by atoms with E-state index < -0.39 is 0 Å². The standard InChI is InChI=1S/C20H23N3O2/c1-4-15-9-11-16(12-10-15)14(2)21-19(24)13-23-18-8-6-5-7-17(18)22(3)20(23)25/h5-12,14H,4,13H2,1-3H3,(H,21,24). The van der Waals surface area contributed by atoms with Crippen LogP contribution in [0.4, 0.5) is 0 Å². The molecule has 0 spiro atoms. The van der Waals surface area contributed by atoms with E-state index in [1.807, 2.05) is 43.3 Å². The molecule has 0 aliphatic carbocycles. The lowest BCUT2D eigenvalue weighted by molar-refractivity contribution is -0.122. The number of carbonyl (C=O) groups is 1. The fraction of sp³-hybridized carbons (Fsp3) is 0.300. The summed E-state index contributed by atoms with van der Waals surface area (Å²) in [6, 6.07) is 15.6. The van der Waals surface area contributed by atoms with Gasteiger partial charge in [0.05, 0.1) is 17.1 Å². The number of hydrogen-bond donors (Lipinski definition) is 1. The minimum atomic E-state index is -0.184. The highest BCUT2D eigenvalue weighted by Crippen LogP contribution is 2.15. The molecule has 0 radical (unpaired) electrons. The normalized spacial score (nSPS) is 12.3. The zero-order chi connectivity index (χ0) is 18.0. The van der Waals surface area contributed by atoms with Gasteiger partial charge in [-0.2, -0.15) is 0 Å². The topological polar surface area (TPSA) is 56.0 Å². The van der Waals surface area contributed by atoms with E-state index >= 15 is 0 Å². The van der Waals surface area contributed by atoms with Crippen molar-refractivity contribution in [3.05, 3.63) is 70.1 Å². The first-order valence-corrected chi connectivity index (χ1v) is 8.53. The third-order valence-electron chi connectivity index (χ3n) is 4.62. The lowest BCUT2D eigenvalue weighted by Gasteiger charge is -2.15. The Morgan fingerprint density at radius 2 is 1.72 bits per heavy atom. The van der Waals surface area contributed by atoms with E-state index in [2.05, 4.69) is 24.4 Å². The zero-order valence-corrected chi connectivity index (χ0v) is 14.8. The van der Waals surface area contributed by atoms with Gasteiger partial charge in [-0.1, -0.05) is 43.3 Å². The highest BCUT2D eigenvalue weighted by atomic mass is 16.2. The Balaban J connectivity index is 1.76. The van der Waals surface area contributed by atoms with Crippen LogP contribution in [-0.4, -0.2) is 15.0 Å². The van der Waals surface area contributed by atoms with E-state index in [0.717, 1.165) is 23.0 Å². The number of imidazole rings is 1. The molecular weight excluding hydrogens is 314 g/mol. The molecule has 25 heavy (non-hydrogen) atoms. The van der Waals surface area contributed by atoms with Crippen LogP contribution in [0.3, 0.4) is 0 Å². The summed E-state index contributed by atoms with van der Waals surface area (Å²) in [6.45, 7) is 4.07. The molecule has 1 unspecified atom stereocenters. The molecule has 130 valence electrons. The number of aromatic nitrogens is 2. The third-order valence-corrected chi connectivity index (χ3v) is 4.62. The van der Waals surface area contributed by atoms with Crippen LogP contribution in [0.25, 0.3) is 11.0 Å². The number of nitrogens with one attached hydrogen (secondary N) is 1. The van der Waals surface area contributed by atoms with Gasteiger partial charge in [-0.25, -0.2) is 4.79 Å². The molecule has 0 saturated carbocycles. The summed E-state index contributed by atoms with van der Waals surface area (Å²) in [4.78, 5) is 24.8. The van der Waals surface area contributed by atoms with Gasteiger partial charge in [-0.05, 0) is 36.6 Å². The van der Waals surface area contributed by atoms with E-state index in [0.29, 0.717) is 0 Å². The van der Waals surface area contributed by atoms with Gasteiger partial charge in [0.1, 0.15) is 6.54 Å². The minimum Gasteiger partial charge on any atom is -0.348 e. The summed E-state index contributed by atoms with van der Waals surface area (Å²) in [7, 11) is 1.72. The summed E-state index contributed by atoms with van der Waals surface area (Å²) in [5.74, 6) is -0.175. The van der Waals surface area contributed by atoms with Gasteiger partial charge in [0.15, 0.2) is 0 Å². The van der Waals surface area contributed by atoms with Crippen molar-refractivity contribution < 1.29 is 4.79 Å². The molecule has 3 rings (SSSR count). The Morgan fingerprint density at radius 3 is 2.36 bits per heavy atom. The van der Waals surface area contributed by atoms with Gasteiger partial charge < -0.3 is 5.32 Å². The molecule has 0 aliphatic rings. The fourth-order valence-corrected chi connectivity index (χ4v) is 3.07. The molecule has 0 bridgehead atoms. The largest absolute Gasteiger partial charge is 0.348 e. The lowest BCUT2D eigenvalue weighted by Crippen LogP contribution is -2.34. The van der Waals surface area contributed by atoms with Crippen molar-refractivity contribution in [2.24, 2.45) is 7.05 Å². The summed E-state index contributed by atoms with van der Waals surface area (Å²) in [5, 5.41) is 2.98. The maximum Gasteiger partial charge on any atom is 0.329 e. The Hall–Kier alpha value is -2.82. The SMILES string of the molecule is CCc1ccc(C(C)NC(=O)Cn2c(=O)n(C)c3ccccc32)cc1. The number of hydrogen-bond acceptors (Lipinski definition) is 2. The van der Waals surface area contributed by atoms with Crippen molar-refractivity contribution in [2.75, 3.05) is 0 Å². The lowest BCUT2D eigenvalue weighted by atomic mass is 10.1. The highest BCUT2D eigenvalue weighted by Gasteiger charge is 2.15. The summed E-state index contributed by atoms with van der Waals surface area (Å²) in [5.41, 5.74) is 3.73. The second kappa shape index (κ2) is 6.97. The first kappa shape index (κ1) is 17.0. The van der Waals surface area contributed by atoms with Gasteiger partial charge in [-0.3, -0.25) is 13.9 Å². The van der Waals surface area contributed by atoms with Gasteiger partial charge >= 0.3 is 5.69 Å². The van der Waals surface area contributed by atoms with Gasteiger partial charge in [0.25, 0.3) is 0 Å². The van der Waals surface area contributed by atoms with Crippen LogP contribution < -0.4 is 11.0 Å². The van der Waals surface area contributed by atoms with Crippen molar-refractivity contribution in [2.45, 2.75) is 32.9 Å². The van der Waals surface area contributed by atoms with E-state index in [4.69, 9.17) is 0 Å². The molecule has 1 atom stereocenters. The number of aryl methyl sites for hydroxylation is 2. The Morgan fingerprint density at radius 1 is 1.08 bits per heavy atom. The van der Waals surface area contributed by atoms with Crippen LogP contribution in [0.5, 0.6) is 0 Å². The van der Waals surface area contributed by atoms with E-state index in [1.165, 1.54) is 10.1 Å². The van der Waals surface area contributed by atoms with Crippen LogP contribution in [0.15, 0.2) is 53.3 Å². The smallest absolute Gasteiger partial charge is 0.329 e. The highest BCUT2D eigenvalue weighted by molar-refractivity contribution is 5.81. The number of carbonyl (C=O) groups excluding carboxylic acids is 1. The number of nitrogens with zero attached hydrogens (tertiary/aromatic N) is 2. The Bertz CT molecular complexity index is 951. The Kier molecular flexibility index (Phi) is 4.74. The predicted molar refractivity (Wildman–Crippen MR) is 99.6 cm³/mol. The summed E-state index contributed by atoms with van der Waals surface area (Å²) >= 11 is 0. The summed E-state index contributed by atoms with van der Waals surface area (Å²) < 4.78 is 3.08. The fourth-order valence-electron chi connectivity index (χ4n) is 3.07. The van der Waals surface area contributed by atoms with Crippen molar-refractivity contribution in [1.29, 1.82) is 0 Å². The number of rotatable bonds is 5. The van der Waals surface area contributed by atoms with Crippen molar-refractivity contribution in [3.8, 4) is 0 Å². The molecule has 5 heteroatoms. The van der Waals surface area contributed by atoms with Crippen LogP contribution in [0.1, 0.15) is 31.0 Å². The minimum absolute atomic E-state index is 0.0115. The van der Waals surface area contributed by atoms with E-state index in [9.17, 15) is 9.59 Å². The zero-order valence-electron chi connectivity index (χ0n) is 14.8. The molecule has 2 aromatic carbocycles. The Labute approximate surface area is 146 Å². The van der Waals surface area contributed by atoms with Gasteiger partial charge in [0.2, 0.25) is 5.91 Å². The maximum absolute atomic E-state index is 12.4. The average molecular weight is 337 g/mol. The van der Waals surface area contributed by atoms with Crippen LogP contribution in [0, 0.1) is 0 Å². The molecule has 0 fully saturated rings. The van der Waals surface area contributed by atoms with Crippen LogP contribution >= 0.6 is 0 Å². The van der Waals surface area contributed by atoms with Crippen LogP contribution in [-0.2, 0) is 24.8 Å². The number of fused-ring (bicyclic) bond motifs is 1. The monoisotopic (exact) mass is 337 g/mol. The van der Waals surface area contributed by atoms with Crippen LogP contribution in [0.2, 0.25) is 0 Å². The summed E-state index contributed by atoms with van der Waals surface area (Å²) in [6.07, 6.45) is 0.991. The number of amides is 1. The molecule has 1 heterocycles. The second-order valence-electron chi connectivity index (χ2n) is 6.30. The van der Waals surface area contributed by atoms with Crippen molar-refractivity contribution >= 4 is 16.9 Å². The molecule has 0 aliphatic heterocycles. The van der Waals surface area contributed by atoms with E-state index in [-0.39, 0.29) is 24.2 Å². The van der Waals surface area contributed by atoms with Crippen molar-refractivity contribution in [1.82, 2.24) is 14.5 Å². The van der Waals surface area contributed by atoms with E-state index in [1.54, 1.807) is 11.6 Å².